The van der Waals surface area contributed by atoms with Gasteiger partial charge in [0.1, 0.15) is 5.69 Å². The van der Waals surface area contributed by atoms with E-state index in [-0.39, 0.29) is 24.0 Å². The van der Waals surface area contributed by atoms with E-state index in [2.05, 4.69) is 20.4 Å². The summed E-state index contributed by atoms with van der Waals surface area (Å²) in [5.41, 5.74) is 0.588. The lowest BCUT2D eigenvalue weighted by Crippen LogP contribution is -2.23. The van der Waals surface area contributed by atoms with Gasteiger partial charge in [-0.3, -0.25) is 4.68 Å². The third kappa shape index (κ3) is 4.85. The molecule has 0 atom stereocenters. The molecule has 0 aliphatic heterocycles. The molecule has 0 unspecified atom stereocenters. The minimum absolute atomic E-state index is 0.0890. The Balaban J connectivity index is 1.68. The molecule has 148 valence electrons. The summed E-state index contributed by atoms with van der Waals surface area (Å²) in [4.78, 5) is 8.10. The highest BCUT2D eigenvalue weighted by Gasteiger charge is 2.21. The van der Waals surface area contributed by atoms with Gasteiger partial charge in [0.15, 0.2) is 0 Å². The first-order valence-electron chi connectivity index (χ1n) is 9.19. The SMILES string of the molecule is COc1nn(C(C)C)cc1Nc1ncc(F)c(OCC2CCC(O)CC2)n1. The number of halogens is 1. The smallest absolute Gasteiger partial charge is 0.256 e. The van der Waals surface area contributed by atoms with Gasteiger partial charge in [0.2, 0.25) is 11.8 Å². The Kier molecular flexibility index (Phi) is 6.10. The fraction of sp³-hybridized carbons (Fsp3) is 0.611. The molecular formula is C18H26FN5O3. The number of rotatable bonds is 7. The standard InChI is InChI=1S/C18H26FN5O3/c1-11(2)24-9-15(17(23-24)26-3)21-18-20-8-14(19)16(22-18)27-10-12-4-6-13(25)7-5-12/h8-9,11-13,25H,4-7,10H2,1-3H3,(H,20,21,22). The zero-order valence-corrected chi connectivity index (χ0v) is 15.9. The van der Waals surface area contributed by atoms with Gasteiger partial charge in [-0.05, 0) is 45.4 Å². The number of nitrogens with zero attached hydrogens (tertiary/aromatic N) is 4. The highest BCUT2D eigenvalue weighted by molar-refractivity contribution is 5.59. The van der Waals surface area contributed by atoms with Crippen molar-refractivity contribution < 1.29 is 19.0 Å². The average molecular weight is 379 g/mol. The summed E-state index contributed by atoms with van der Waals surface area (Å²) in [5.74, 6) is 0.200. The molecule has 0 saturated heterocycles. The minimum atomic E-state index is -0.610. The molecule has 2 aromatic rings. The Labute approximate surface area is 157 Å². The van der Waals surface area contributed by atoms with Gasteiger partial charge in [-0.15, -0.1) is 5.10 Å². The third-order valence-corrected chi connectivity index (χ3v) is 4.65. The van der Waals surface area contributed by atoms with Crippen molar-refractivity contribution in [1.82, 2.24) is 19.7 Å². The van der Waals surface area contributed by atoms with Crippen molar-refractivity contribution in [3.05, 3.63) is 18.2 Å². The second kappa shape index (κ2) is 8.51. The van der Waals surface area contributed by atoms with Gasteiger partial charge in [0.25, 0.3) is 11.8 Å². The summed E-state index contributed by atoms with van der Waals surface area (Å²) >= 11 is 0. The zero-order valence-electron chi connectivity index (χ0n) is 15.9. The van der Waals surface area contributed by atoms with Crippen LogP contribution in [0, 0.1) is 11.7 Å². The average Bonchev–Trinajstić information content (AvgIpc) is 3.06. The molecule has 1 fully saturated rings. The van der Waals surface area contributed by atoms with E-state index < -0.39 is 5.82 Å². The Morgan fingerprint density at radius 3 is 2.70 bits per heavy atom. The molecule has 2 aromatic heterocycles. The van der Waals surface area contributed by atoms with E-state index >= 15 is 0 Å². The van der Waals surface area contributed by atoms with E-state index in [4.69, 9.17) is 9.47 Å². The Bertz CT molecular complexity index is 759. The molecule has 0 spiro atoms. The molecule has 1 aliphatic carbocycles. The number of ether oxygens (including phenoxy) is 2. The Morgan fingerprint density at radius 2 is 2.04 bits per heavy atom. The van der Waals surface area contributed by atoms with Gasteiger partial charge in [-0.2, -0.15) is 9.37 Å². The van der Waals surface area contributed by atoms with Crippen LogP contribution < -0.4 is 14.8 Å². The summed E-state index contributed by atoms with van der Waals surface area (Å²) in [7, 11) is 1.53. The van der Waals surface area contributed by atoms with Crippen LogP contribution in [-0.2, 0) is 0 Å². The summed E-state index contributed by atoms with van der Waals surface area (Å²) < 4.78 is 26.6. The first kappa shape index (κ1) is 19.3. The van der Waals surface area contributed by atoms with Crippen LogP contribution in [0.25, 0.3) is 0 Å². The van der Waals surface area contributed by atoms with Crippen molar-refractivity contribution in [2.45, 2.75) is 51.7 Å². The molecule has 8 nitrogen and oxygen atoms in total. The predicted molar refractivity (Wildman–Crippen MR) is 97.9 cm³/mol. The fourth-order valence-corrected chi connectivity index (χ4v) is 3.02. The van der Waals surface area contributed by atoms with Gasteiger partial charge in [-0.25, -0.2) is 4.98 Å². The van der Waals surface area contributed by atoms with Crippen LogP contribution in [0.5, 0.6) is 11.8 Å². The van der Waals surface area contributed by atoms with Crippen LogP contribution in [-0.4, -0.2) is 44.7 Å². The lowest BCUT2D eigenvalue weighted by molar-refractivity contribution is 0.0899. The molecule has 0 aromatic carbocycles. The third-order valence-electron chi connectivity index (χ3n) is 4.65. The number of aromatic nitrogens is 4. The summed E-state index contributed by atoms with van der Waals surface area (Å²) in [6.07, 6.45) is 5.88. The monoisotopic (exact) mass is 379 g/mol. The van der Waals surface area contributed by atoms with Crippen LogP contribution in [0.15, 0.2) is 12.4 Å². The van der Waals surface area contributed by atoms with E-state index in [9.17, 15) is 9.50 Å². The Hall–Kier alpha value is -2.42. The van der Waals surface area contributed by atoms with Crippen LogP contribution in [0.4, 0.5) is 16.0 Å². The van der Waals surface area contributed by atoms with Gasteiger partial charge < -0.3 is 19.9 Å². The van der Waals surface area contributed by atoms with Crippen molar-refractivity contribution in [3.8, 4) is 11.8 Å². The summed E-state index contributed by atoms with van der Waals surface area (Å²) in [5, 5.41) is 16.9. The highest BCUT2D eigenvalue weighted by atomic mass is 19.1. The van der Waals surface area contributed by atoms with E-state index in [1.807, 2.05) is 13.8 Å². The van der Waals surface area contributed by atoms with Gasteiger partial charge in [-0.1, -0.05) is 0 Å². The van der Waals surface area contributed by atoms with E-state index in [1.165, 1.54) is 7.11 Å². The lowest BCUT2D eigenvalue weighted by Gasteiger charge is -2.25. The second-order valence-corrected chi connectivity index (χ2v) is 7.08. The normalized spacial score (nSPS) is 19.9. The fourth-order valence-electron chi connectivity index (χ4n) is 3.02. The molecule has 3 rings (SSSR count). The maximum absolute atomic E-state index is 14.0. The maximum Gasteiger partial charge on any atom is 0.256 e. The van der Waals surface area contributed by atoms with Crippen molar-refractivity contribution in [1.29, 1.82) is 0 Å². The Morgan fingerprint density at radius 1 is 1.30 bits per heavy atom. The quantitative estimate of drug-likeness (QED) is 0.763. The van der Waals surface area contributed by atoms with Crippen LogP contribution in [0.2, 0.25) is 0 Å². The first-order valence-corrected chi connectivity index (χ1v) is 9.19. The molecular weight excluding hydrogens is 353 g/mol. The minimum Gasteiger partial charge on any atom is -0.478 e. The molecule has 0 radical (unpaired) electrons. The van der Waals surface area contributed by atoms with Crippen molar-refractivity contribution in [3.63, 3.8) is 0 Å². The van der Waals surface area contributed by atoms with Crippen LogP contribution in [0.1, 0.15) is 45.6 Å². The van der Waals surface area contributed by atoms with Gasteiger partial charge >= 0.3 is 0 Å². The molecule has 0 bridgehead atoms. The van der Waals surface area contributed by atoms with Crippen molar-refractivity contribution in [2.75, 3.05) is 19.0 Å². The number of aliphatic hydroxyl groups is 1. The van der Waals surface area contributed by atoms with E-state index in [0.717, 1.165) is 31.9 Å². The highest BCUT2D eigenvalue weighted by Crippen LogP contribution is 2.28. The van der Waals surface area contributed by atoms with Crippen molar-refractivity contribution >= 4 is 11.6 Å². The lowest BCUT2D eigenvalue weighted by atomic mass is 9.88. The number of anilines is 2. The second-order valence-electron chi connectivity index (χ2n) is 7.08. The summed E-state index contributed by atoms with van der Waals surface area (Å²) in [6, 6.07) is 0.163. The number of nitrogens with one attached hydrogen (secondary N) is 1. The van der Waals surface area contributed by atoms with Crippen LogP contribution in [0.3, 0.4) is 0 Å². The molecule has 2 heterocycles. The summed E-state index contributed by atoms with van der Waals surface area (Å²) in [6.45, 7) is 4.37. The number of hydrogen-bond acceptors (Lipinski definition) is 7. The molecule has 27 heavy (non-hydrogen) atoms. The zero-order chi connectivity index (χ0) is 19.4. The molecule has 0 amide bonds. The van der Waals surface area contributed by atoms with Crippen LogP contribution >= 0.6 is 0 Å². The topological polar surface area (TPSA) is 94.3 Å². The van der Waals surface area contributed by atoms with Crippen molar-refractivity contribution in [2.24, 2.45) is 5.92 Å². The van der Waals surface area contributed by atoms with Gasteiger partial charge in [0.05, 0.1) is 32.2 Å². The van der Waals surface area contributed by atoms with Gasteiger partial charge in [0, 0.05) is 6.04 Å². The molecule has 9 heteroatoms. The maximum atomic E-state index is 14.0. The number of methoxy groups -OCH3 is 1. The van der Waals surface area contributed by atoms with E-state index in [1.54, 1.807) is 10.9 Å². The number of aliphatic hydroxyl groups excluding tert-OH is 1. The largest absolute Gasteiger partial charge is 0.478 e. The first-order chi connectivity index (χ1) is 13.0. The predicted octanol–water partition coefficient (Wildman–Crippen LogP) is 3.08. The van der Waals surface area contributed by atoms with E-state index in [0.29, 0.717) is 24.1 Å². The number of hydrogen-bond donors (Lipinski definition) is 2. The molecule has 1 aliphatic rings. The molecule has 2 N–H and O–H groups in total. The molecule has 1 saturated carbocycles.